The Kier molecular flexibility index (Phi) is 2.84. The van der Waals surface area contributed by atoms with Crippen LogP contribution in [-0.2, 0) is 9.84 Å². The molecule has 1 saturated heterocycles. The van der Waals surface area contributed by atoms with Crippen LogP contribution in [0.3, 0.4) is 0 Å². The van der Waals surface area contributed by atoms with Crippen LogP contribution >= 0.6 is 0 Å². The second-order valence-corrected chi connectivity index (χ2v) is 6.28. The molecule has 1 aromatic heterocycles. The Morgan fingerprint density at radius 3 is 2.87 bits per heavy atom. The maximum atomic E-state index is 11.8. The van der Waals surface area contributed by atoms with Gasteiger partial charge in [0.1, 0.15) is 5.76 Å². The van der Waals surface area contributed by atoms with Gasteiger partial charge in [0.05, 0.1) is 23.3 Å². The summed E-state index contributed by atoms with van der Waals surface area (Å²) in [6.45, 7) is 0. The largest absolute Gasteiger partial charge is 0.468 e. The molecule has 2 heterocycles. The molecular formula is C10H15NO3S. The van der Waals surface area contributed by atoms with Crippen molar-refractivity contribution in [1.29, 1.82) is 0 Å². The van der Waals surface area contributed by atoms with Crippen molar-refractivity contribution in [2.75, 3.05) is 5.75 Å². The summed E-state index contributed by atoms with van der Waals surface area (Å²) in [6, 6.07) is 2.93. The Labute approximate surface area is 89.4 Å². The molecule has 1 aliphatic heterocycles. The molecule has 2 atom stereocenters. The van der Waals surface area contributed by atoms with Gasteiger partial charge in [-0.25, -0.2) is 8.42 Å². The lowest BCUT2D eigenvalue weighted by atomic mass is 10.1. The minimum absolute atomic E-state index is 0.256. The molecule has 0 aromatic carbocycles. The van der Waals surface area contributed by atoms with Gasteiger partial charge in [-0.15, -0.1) is 0 Å². The first-order chi connectivity index (χ1) is 7.11. The van der Waals surface area contributed by atoms with E-state index in [0.717, 1.165) is 12.8 Å². The molecule has 0 aliphatic carbocycles. The molecule has 2 rings (SSSR count). The third kappa shape index (κ3) is 2.08. The van der Waals surface area contributed by atoms with E-state index in [0.29, 0.717) is 12.2 Å². The van der Waals surface area contributed by atoms with E-state index in [9.17, 15) is 8.42 Å². The fraction of sp³-hybridized carbons (Fsp3) is 0.600. The van der Waals surface area contributed by atoms with Crippen molar-refractivity contribution in [3.8, 4) is 0 Å². The number of nitrogens with two attached hydrogens (primary N) is 1. The van der Waals surface area contributed by atoms with Crippen molar-refractivity contribution >= 4 is 9.84 Å². The number of rotatable bonds is 2. The predicted octanol–water partition coefficient (Wildman–Crippen LogP) is 1.25. The molecule has 0 saturated carbocycles. The normalized spacial score (nSPS) is 27.4. The highest BCUT2D eigenvalue weighted by molar-refractivity contribution is 7.92. The molecule has 84 valence electrons. The van der Waals surface area contributed by atoms with Crippen LogP contribution in [0.4, 0.5) is 0 Å². The molecule has 0 amide bonds. The third-order valence-electron chi connectivity index (χ3n) is 2.90. The second kappa shape index (κ2) is 3.98. The number of sulfone groups is 1. The van der Waals surface area contributed by atoms with Crippen molar-refractivity contribution in [1.82, 2.24) is 0 Å². The van der Waals surface area contributed by atoms with Gasteiger partial charge in [0, 0.05) is 0 Å². The van der Waals surface area contributed by atoms with Crippen LogP contribution in [0.25, 0.3) is 0 Å². The van der Waals surface area contributed by atoms with Crippen LogP contribution in [0, 0.1) is 0 Å². The summed E-state index contributed by atoms with van der Waals surface area (Å²) >= 11 is 0. The molecular weight excluding hydrogens is 214 g/mol. The summed E-state index contributed by atoms with van der Waals surface area (Å²) in [5.74, 6) is 0.817. The van der Waals surface area contributed by atoms with Crippen molar-refractivity contribution in [2.45, 2.75) is 30.6 Å². The Hall–Kier alpha value is -0.810. The first-order valence-corrected chi connectivity index (χ1v) is 6.83. The zero-order chi connectivity index (χ0) is 10.9. The number of hydrogen-bond acceptors (Lipinski definition) is 4. The molecule has 0 spiro atoms. The highest BCUT2D eigenvalue weighted by Gasteiger charge is 2.35. The molecule has 0 bridgehead atoms. The van der Waals surface area contributed by atoms with Crippen LogP contribution in [0.1, 0.15) is 31.1 Å². The fourth-order valence-electron chi connectivity index (χ4n) is 2.05. The number of furan rings is 1. The maximum Gasteiger partial charge on any atom is 0.155 e. The average molecular weight is 229 g/mol. The summed E-state index contributed by atoms with van der Waals surface area (Å²) in [6.07, 6.45) is 3.84. The van der Waals surface area contributed by atoms with Crippen LogP contribution in [0.15, 0.2) is 22.8 Å². The summed E-state index contributed by atoms with van der Waals surface area (Å²) in [7, 11) is -3.03. The van der Waals surface area contributed by atoms with E-state index in [4.69, 9.17) is 10.2 Å². The van der Waals surface area contributed by atoms with E-state index < -0.39 is 21.1 Å². The van der Waals surface area contributed by atoms with Gasteiger partial charge >= 0.3 is 0 Å². The molecule has 1 aromatic rings. The van der Waals surface area contributed by atoms with Gasteiger partial charge in [-0.1, -0.05) is 6.42 Å². The molecule has 2 N–H and O–H groups in total. The lowest BCUT2D eigenvalue weighted by molar-refractivity contribution is 0.428. The van der Waals surface area contributed by atoms with Gasteiger partial charge in [0.2, 0.25) is 0 Å². The van der Waals surface area contributed by atoms with Crippen molar-refractivity contribution in [2.24, 2.45) is 5.73 Å². The third-order valence-corrected chi connectivity index (χ3v) is 5.21. The van der Waals surface area contributed by atoms with Gasteiger partial charge in [-0.2, -0.15) is 0 Å². The quantitative estimate of drug-likeness (QED) is 0.828. The van der Waals surface area contributed by atoms with E-state index in [2.05, 4.69) is 0 Å². The van der Waals surface area contributed by atoms with E-state index in [1.54, 1.807) is 12.1 Å². The van der Waals surface area contributed by atoms with E-state index in [1.165, 1.54) is 6.26 Å². The monoisotopic (exact) mass is 229 g/mol. The Bertz CT molecular complexity index is 410. The summed E-state index contributed by atoms with van der Waals surface area (Å²) in [5, 5.41) is -0.475. The molecule has 2 unspecified atom stereocenters. The van der Waals surface area contributed by atoms with Crippen molar-refractivity contribution < 1.29 is 12.8 Å². The lowest BCUT2D eigenvalue weighted by Gasteiger charge is -2.26. The fourth-order valence-corrected chi connectivity index (χ4v) is 4.06. The zero-order valence-corrected chi connectivity index (χ0v) is 9.24. The SMILES string of the molecule is NC(c1ccco1)C1CCCCS1(=O)=O. The van der Waals surface area contributed by atoms with Crippen LogP contribution in [-0.4, -0.2) is 19.4 Å². The van der Waals surface area contributed by atoms with E-state index >= 15 is 0 Å². The Morgan fingerprint density at radius 2 is 2.27 bits per heavy atom. The lowest BCUT2D eigenvalue weighted by Crippen LogP contribution is -2.37. The smallest absolute Gasteiger partial charge is 0.155 e. The molecule has 1 fully saturated rings. The van der Waals surface area contributed by atoms with E-state index in [1.807, 2.05) is 0 Å². The van der Waals surface area contributed by atoms with Gasteiger partial charge in [-0.05, 0) is 25.0 Å². The minimum atomic E-state index is -3.03. The predicted molar refractivity (Wildman–Crippen MR) is 57.1 cm³/mol. The molecule has 0 radical (unpaired) electrons. The Morgan fingerprint density at radius 1 is 1.47 bits per heavy atom. The first-order valence-electron chi connectivity index (χ1n) is 5.12. The van der Waals surface area contributed by atoms with Gasteiger partial charge in [0.15, 0.2) is 9.84 Å². The van der Waals surface area contributed by atoms with Crippen molar-refractivity contribution in [3.63, 3.8) is 0 Å². The molecule has 5 heteroatoms. The van der Waals surface area contributed by atoms with Gasteiger partial charge in [0.25, 0.3) is 0 Å². The summed E-state index contributed by atoms with van der Waals surface area (Å²) in [4.78, 5) is 0. The summed E-state index contributed by atoms with van der Waals surface area (Å²) < 4.78 is 28.7. The van der Waals surface area contributed by atoms with Crippen LogP contribution in [0.2, 0.25) is 0 Å². The van der Waals surface area contributed by atoms with Gasteiger partial charge in [-0.3, -0.25) is 0 Å². The molecule has 4 nitrogen and oxygen atoms in total. The molecule has 15 heavy (non-hydrogen) atoms. The summed E-state index contributed by atoms with van der Waals surface area (Å²) in [5.41, 5.74) is 5.92. The topological polar surface area (TPSA) is 73.3 Å². The van der Waals surface area contributed by atoms with Crippen LogP contribution in [0.5, 0.6) is 0 Å². The highest BCUT2D eigenvalue weighted by atomic mass is 32.2. The second-order valence-electron chi connectivity index (χ2n) is 3.94. The molecule has 1 aliphatic rings. The van der Waals surface area contributed by atoms with Crippen LogP contribution < -0.4 is 5.73 Å². The number of hydrogen-bond donors (Lipinski definition) is 1. The standard InChI is InChI=1S/C10H15NO3S/c11-10(8-4-3-6-14-8)9-5-1-2-7-15(9,12)13/h3-4,6,9-10H,1-2,5,7,11H2. The van der Waals surface area contributed by atoms with Gasteiger partial charge < -0.3 is 10.2 Å². The maximum absolute atomic E-state index is 11.8. The zero-order valence-electron chi connectivity index (χ0n) is 8.43. The highest BCUT2D eigenvalue weighted by Crippen LogP contribution is 2.29. The van der Waals surface area contributed by atoms with Crippen molar-refractivity contribution in [3.05, 3.63) is 24.2 Å². The average Bonchev–Trinajstić information content (AvgIpc) is 2.69. The minimum Gasteiger partial charge on any atom is -0.468 e. The Balaban J connectivity index is 2.23. The van der Waals surface area contributed by atoms with E-state index in [-0.39, 0.29) is 5.75 Å². The first kappa shape index (κ1) is 10.7.